The van der Waals surface area contributed by atoms with Crippen molar-refractivity contribution < 1.29 is 23.5 Å². The normalized spacial score (nSPS) is 12.6. The van der Waals surface area contributed by atoms with Gasteiger partial charge in [0, 0.05) is 6.42 Å². The van der Waals surface area contributed by atoms with Crippen LogP contribution >= 0.6 is 0 Å². The predicted molar refractivity (Wildman–Crippen MR) is 114 cm³/mol. The van der Waals surface area contributed by atoms with Crippen LogP contribution in [0.2, 0.25) is 0 Å². The molecule has 8 heteroatoms. The van der Waals surface area contributed by atoms with E-state index >= 15 is 0 Å². The molecule has 4 N–H and O–H groups in total. The summed E-state index contributed by atoms with van der Waals surface area (Å²) < 4.78 is 18.4. The van der Waals surface area contributed by atoms with Crippen LogP contribution in [0, 0.1) is 11.7 Å². The smallest absolute Gasteiger partial charge is 0.408 e. The molecule has 3 amide bonds. The van der Waals surface area contributed by atoms with Gasteiger partial charge in [0.2, 0.25) is 11.8 Å². The zero-order valence-corrected chi connectivity index (χ0v) is 17.6. The van der Waals surface area contributed by atoms with Gasteiger partial charge >= 0.3 is 6.09 Å². The zero-order chi connectivity index (χ0) is 22.8. The van der Waals surface area contributed by atoms with Crippen LogP contribution in [0.3, 0.4) is 0 Å². The third-order valence-corrected chi connectivity index (χ3v) is 4.54. The lowest BCUT2D eigenvalue weighted by molar-refractivity contribution is -0.128. The van der Waals surface area contributed by atoms with Gasteiger partial charge in [-0.2, -0.15) is 0 Å². The second kappa shape index (κ2) is 11.7. The number of amides is 3. The predicted octanol–water partition coefficient (Wildman–Crippen LogP) is 2.68. The SMILES string of the molecule is CC(C)C[C@H](NC(=O)[C@@H](Cc1ccc(F)cc1)NC(=O)OCc1ccccc1)C(N)=O. The summed E-state index contributed by atoms with van der Waals surface area (Å²) in [6.45, 7) is 3.84. The molecule has 0 spiro atoms. The number of nitrogens with two attached hydrogens (primary N) is 1. The molecular weight excluding hydrogens is 401 g/mol. The first-order valence-electron chi connectivity index (χ1n) is 10.1. The molecule has 0 aliphatic heterocycles. The Morgan fingerprint density at radius 3 is 2.16 bits per heavy atom. The van der Waals surface area contributed by atoms with Gasteiger partial charge in [0.15, 0.2) is 0 Å². The Kier molecular flexibility index (Phi) is 8.99. The molecule has 0 heterocycles. The van der Waals surface area contributed by atoms with Gasteiger partial charge in [0.05, 0.1) is 0 Å². The van der Waals surface area contributed by atoms with Gasteiger partial charge in [-0.05, 0) is 35.6 Å². The molecule has 0 unspecified atom stereocenters. The van der Waals surface area contributed by atoms with E-state index in [9.17, 15) is 18.8 Å². The second-order valence-electron chi connectivity index (χ2n) is 7.68. The highest BCUT2D eigenvalue weighted by atomic mass is 19.1. The summed E-state index contributed by atoms with van der Waals surface area (Å²) in [6, 6.07) is 12.8. The minimum Gasteiger partial charge on any atom is -0.445 e. The van der Waals surface area contributed by atoms with Crippen LogP contribution in [0.1, 0.15) is 31.4 Å². The first-order chi connectivity index (χ1) is 14.7. The maximum absolute atomic E-state index is 13.2. The molecule has 2 aromatic rings. The van der Waals surface area contributed by atoms with Gasteiger partial charge in [0.25, 0.3) is 0 Å². The van der Waals surface area contributed by atoms with Crippen LogP contribution in [-0.2, 0) is 27.4 Å². The van der Waals surface area contributed by atoms with E-state index < -0.39 is 35.8 Å². The van der Waals surface area contributed by atoms with Gasteiger partial charge in [-0.1, -0.05) is 56.3 Å². The molecule has 0 fully saturated rings. The molecule has 2 aromatic carbocycles. The number of hydrogen-bond donors (Lipinski definition) is 3. The molecule has 0 aliphatic carbocycles. The number of alkyl carbamates (subject to hydrolysis) is 1. The van der Waals surface area contributed by atoms with E-state index in [0.717, 1.165) is 5.56 Å². The number of nitrogens with one attached hydrogen (secondary N) is 2. The van der Waals surface area contributed by atoms with E-state index in [1.54, 1.807) is 12.1 Å². The monoisotopic (exact) mass is 429 g/mol. The Labute approximate surface area is 181 Å². The fourth-order valence-electron chi connectivity index (χ4n) is 2.96. The molecule has 0 radical (unpaired) electrons. The fourth-order valence-corrected chi connectivity index (χ4v) is 2.96. The van der Waals surface area contributed by atoms with Crippen molar-refractivity contribution in [1.29, 1.82) is 0 Å². The number of hydrogen-bond acceptors (Lipinski definition) is 4. The number of primary amides is 1. The summed E-state index contributed by atoms with van der Waals surface area (Å²) in [6.07, 6.45) is -0.340. The number of ether oxygens (including phenoxy) is 1. The van der Waals surface area contributed by atoms with Crippen molar-refractivity contribution >= 4 is 17.9 Å². The standard InChI is InChI=1S/C23H28FN3O4/c1-15(2)12-19(21(25)28)26-22(29)20(13-16-8-10-18(24)11-9-16)27-23(30)31-14-17-6-4-3-5-7-17/h3-11,15,19-20H,12-14H2,1-2H3,(H2,25,28)(H,26,29)(H,27,30)/t19-,20+/m0/s1. The summed E-state index contributed by atoms with van der Waals surface area (Å²) in [5.74, 6) is -1.53. The molecule has 2 atom stereocenters. The van der Waals surface area contributed by atoms with Crippen molar-refractivity contribution in [3.8, 4) is 0 Å². The van der Waals surface area contributed by atoms with Crippen LogP contribution in [0.15, 0.2) is 54.6 Å². The molecule has 0 aliphatic rings. The summed E-state index contributed by atoms with van der Waals surface area (Å²) in [5.41, 5.74) is 6.83. The first-order valence-corrected chi connectivity index (χ1v) is 10.1. The van der Waals surface area contributed by atoms with Crippen molar-refractivity contribution in [3.63, 3.8) is 0 Å². The zero-order valence-electron chi connectivity index (χ0n) is 17.6. The Morgan fingerprint density at radius 1 is 0.935 bits per heavy atom. The van der Waals surface area contributed by atoms with E-state index in [0.29, 0.717) is 12.0 Å². The molecule has 2 rings (SSSR count). The van der Waals surface area contributed by atoms with Gasteiger partial charge in [-0.25, -0.2) is 9.18 Å². The van der Waals surface area contributed by atoms with E-state index in [1.165, 1.54) is 24.3 Å². The van der Waals surface area contributed by atoms with Gasteiger partial charge in [-0.15, -0.1) is 0 Å². The molecule has 0 bridgehead atoms. The Balaban J connectivity index is 2.08. The lowest BCUT2D eigenvalue weighted by Crippen LogP contribution is -2.54. The van der Waals surface area contributed by atoms with Gasteiger partial charge in [0.1, 0.15) is 24.5 Å². The number of carbonyl (C=O) groups excluding carboxylic acids is 3. The summed E-state index contributed by atoms with van der Waals surface area (Å²) in [5, 5.41) is 5.13. The van der Waals surface area contributed by atoms with E-state index in [-0.39, 0.29) is 18.9 Å². The van der Waals surface area contributed by atoms with Crippen molar-refractivity contribution in [1.82, 2.24) is 10.6 Å². The van der Waals surface area contributed by atoms with Crippen molar-refractivity contribution in [2.45, 2.75) is 45.4 Å². The largest absolute Gasteiger partial charge is 0.445 e. The molecule has 7 nitrogen and oxygen atoms in total. The van der Waals surface area contributed by atoms with Crippen molar-refractivity contribution in [2.24, 2.45) is 11.7 Å². The maximum Gasteiger partial charge on any atom is 0.408 e. The third kappa shape index (κ3) is 8.46. The summed E-state index contributed by atoms with van der Waals surface area (Å²) in [7, 11) is 0. The molecule has 166 valence electrons. The number of carbonyl (C=O) groups is 3. The van der Waals surface area contributed by atoms with Crippen LogP contribution in [0.25, 0.3) is 0 Å². The van der Waals surface area contributed by atoms with Crippen LogP contribution in [-0.4, -0.2) is 30.0 Å². The summed E-state index contributed by atoms with van der Waals surface area (Å²) >= 11 is 0. The lowest BCUT2D eigenvalue weighted by Gasteiger charge is -2.23. The Bertz CT molecular complexity index is 872. The lowest BCUT2D eigenvalue weighted by atomic mass is 10.0. The Morgan fingerprint density at radius 2 is 1.58 bits per heavy atom. The third-order valence-electron chi connectivity index (χ3n) is 4.54. The van der Waals surface area contributed by atoms with E-state index in [1.807, 2.05) is 32.0 Å². The highest BCUT2D eigenvalue weighted by Crippen LogP contribution is 2.09. The highest BCUT2D eigenvalue weighted by Gasteiger charge is 2.27. The van der Waals surface area contributed by atoms with E-state index in [2.05, 4.69) is 10.6 Å². The second-order valence-corrected chi connectivity index (χ2v) is 7.68. The highest BCUT2D eigenvalue weighted by molar-refractivity contribution is 5.90. The van der Waals surface area contributed by atoms with Crippen molar-refractivity contribution in [2.75, 3.05) is 0 Å². The van der Waals surface area contributed by atoms with Crippen LogP contribution in [0.5, 0.6) is 0 Å². The average molecular weight is 429 g/mol. The van der Waals surface area contributed by atoms with Gasteiger partial charge < -0.3 is 21.1 Å². The molecule has 0 saturated carbocycles. The van der Waals surface area contributed by atoms with E-state index in [4.69, 9.17) is 10.5 Å². The quantitative estimate of drug-likeness (QED) is 0.539. The molecule has 0 aromatic heterocycles. The van der Waals surface area contributed by atoms with Crippen LogP contribution in [0.4, 0.5) is 9.18 Å². The van der Waals surface area contributed by atoms with Crippen molar-refractivity contribution in [3.05, 3.63) is 71.5 Å². The Hall–Kier alpha value is -3.42. The first kappa shape index (κ1) is 23.9. The molecule has 31 heavy (non-hydrogen) atoms. The molecule has 0 saturated heterocycles. The number of benzene rings is 2. The minimum atomic E-state index is -1.04. The van der Waals surface area contributed by atoms with Gasteiger partial charge in [-0.3, -0.25) is 9.59 Å². The summed E-state index contributed by atoms with van der Waals surface area (Å²) in [4.78, 5) is 36.9. The molecular formula is C23H28FN3O4. The minimum absolute atomic E-state index is 0.0365. The topological polar surface area (TPSA) is 111 Å². The number of halogens is 1. The maximum atomic E-state index is 13.2. The fraction of sp³-hybridized carbons (Fsp3) is 0.348. The average Bonchev–Trinajstić information content (AvgIpc) is 2.73. The van der Waals surface area contributed by atoms with Crippen LogP contribution < -0.4 is 16.4 Å². The number of rotatable bonds is 10.